The van der Waals surface area contributed by atoms with Crippen LogP contribution in [0.15, 0.2) is 23.1 Å². The number of methoxy groups -OCH3 is 1. The van der Waals surface area contributed by atoms with Gasteiger partial charge >= 0.3 is 5.97 Å². The Labute approximate surface area is 134 Å². The Bertz CT molecular complexity index is 653. The number of ether oxygens (including phenoxy) is 3. The maximum atomic E-state index is 12.8. The number of carboxylic acids is 1. The van der Waals surface area contributed by atoms with Gasteiger partial charge in [0.15, 0.2) is 0 Å². The Kier molecular flexibility index (Phi) is 5.94. The van der Waals surface area contributed by atoms with Gasteiger partial charge in [-0.25, -0.2) is 13.2 Å². The molecule has 0 amide bonds. The van der Waals surface area contributed by atoms with E-state index in [1.807, 2.05) is 0 Å². The van der Waals surface area contributed by atoms with E-state index in [0.717, 1.165) is 6.07 Å². The van der Waals surface area contributed by atoms with Gasteiger partial charge in [0.2, 0.25) is 10.0 Å². The molecule has 1 saturated heterocycles. The topological polar surface area (TPSA) is 102 Å². The summed E-state index contributed by atoms with van der Waals surface area (Å²) in [5.74, 6) is -1.09. The Balaban J connectivity index is 2.38. The van der Waals surface area contributed by atoms with E-state index >= 15 is 0 Å². The summed E-state index contributed by atoms with van der Waals surface area (Å²) in [6.45, 7) is 1.50. The molecule has 2 rings (SSSR count). The van der Waals surface area contributed by atoms with E-state index in [-0.39, 0.29) is 42.5 Å². The van der Waals surface area contributed by atoms with Crippen LogP contribution in [-0.4, -0.2) is 70.4 Å². The Morgan fingerprint density at radius 2 is 2.00 bits per heavy atom. The number of benzene rings is 1. The molecule has 0 radical (unpaired) electrons. The molecular weight excluding hydrogens is 326 g/mol. The molecule has 1 heterocycles. The van der Waals surface area contributed by atoms with Crippen molar-refractivity contribution in [3.05, 3.63) is 23.8 Å². The molecule has 0 atom stereocenters. The van der Waals surface area contributed by atoms with Gasteiger partial charge in [0.05, 0.1) is 25.4 Å². The van der Waals surface area contributed by atoms with Crippen LogP contribution in [0, 0.1) is 0 Å². The van der Waals surface area contributed by atoms with E-state index in [2.05, 4.69) is 0 Å². The highest BCUT2D eigenvalue weighted by atomic mass is 32.2. The molecule has 0 bridgehead atoms. The molecule has 1 aromatic rings. The molecule has 1 fully saturated rings. The zero-order chi connectivity index (χ0) is 16.9. The minimum absolute atomic E-state index is 0.110. The molecule has 0 aromatic heterocycles. The summed E-state index contributed by atoms with van der Waals surface area (Å²) in [5, 5.41) is 9.10. The number of hydrogen-bond donors (Lipinski definition) is 1. The zero-order valence-corrected chi connectivity index (χ0v) is 13.5. The van der Waals surface area contributed by atoms with E-state index in [0.29, 0.717) is 13.2 Å². The second-order valence-corrected chi connectivity index (χ2v) is 6.73. The third-order valence-corrected chi connectivity index (χ3v) is 5.24. The van der Waals surface area contributed by atoms with Crippen molar-refractivity contribution in [2.24, 2.45) is 0 Å². The zero-order valence-electron chi connectivity index (χ0n) is 12.7. The minimum Gasteiger partial charge on any atom is -0.490 e. The van der Waals surface area contributed by atoms with Gasteiger partial charge in [-0.05, 0) is 18.2 Å². The first-order valence-corrected chi connectivity index (χ1v) is 8.48. The van der Waals surface area contributed by atoms with Crippen LogP contribution < -0.4 is 4.74 Å². The maximum Gasteiger partial charge on any atom is 0.335 e. The van der Waals surface area contributed by atoms with Crippen molar-refractivity contribution in [3.8, 4) is 5.75 Å². The SMILES string of the molecule is COCCOc1ccc(C(=O)O)cc1S(=O)(=O)N1CCOCC1. The van der Waals surface area contributed by atoms with E-state index < -0.39 is 16.0 Å². The van der Waals surface area contributed by atoms with Crippen molar-refractivity contribution in [1.29, 1.82) is 0 Å². The van der Waals surface area contributed by atoms with Crippen LogP contribution in [0.4, 0.5) is 0 Å². The fraction of sp³-hybridized carbons (Fsp3) is 0.500. The Morgan fingerprint density at radius 1 is 1.30 bits per heavy atom. The predicted octanol–water partition coefficient (Wildman–Crippen LogP) is 0.431. The number of sulfonamides is 1. The first-order valence-electron chi connectivity index (χ1n) is 7.04. The monoisotopic (exact) mass is 345 g/mol. The number of nitrogens with zero attached hydrogens (tertiary/aromatic N) is 1. The van der Waals surface area contributed by atoms with Gasteiger partial charge in [-0.3, -0.25) is 0 Å². The van der Waals surface area contributed by atoms with Gasteiger partial charge in [0.1, 0.15) is 17.3 Å². The summed E-state index contributed by atoms with van der Waals surface area (Å²) in [4.78, 5) is 11.0. The maximum absolute atomic E-state index is 12.8. The molecular formula is C14H19NO7S. The van der Waals surface area contributed by atoms with E-state index in [1.165, 1.54) is 23.5 Å². The molecule has 0 saturated carbocycles. The van der Waals surface area contributed by atoms with Crippen molar-refractivity contribution in [2.75, 3.05) is 46.6 Å². The van der Waals surface area contributed by atoms with Gasteiger partial charge < -0.3 is 19.3 Å². The summed E-state index contributed by atoms with van der Waals surface area (Å²) >= 11 is 0. The first-order chi connectivity index (χ1) is 11.0. The lowest BCUT2D eigenvalue weighted by molar-refractivity contribution is 0.0695. The molecule has 9 heteroatoms. The molecule has 0 aliphatic carbocycles. The van der Waals surface area contributed by atoms with Crippen molar-refractivity contribution in [1.82, 2.24) is 4.31 Å². The smallest absolute Gasteiger partial charge is 0.335 e. The van der Waals surface area contributed by atoms with Crippen molar-refractivity contribution in [3.63, 3.8) is 0 Å². The summed E-state index contributed by atoms with van der Waals surface area (Å²) in [6.07, 6.45) is 0. The molecule has 1 aliphatic heterocycles. The van der Waals surface area contributed by atoms with Crippen LogP contribution in [0.5, 0.6) is 5.75 Å². The number of hydrogen-bond acceptors (Lipinski definition) is 6. The number of aromatic carboxylic acids is 1. The molecule has 128 valence electrons. The highest BCUT2D eigenvalue weighted by molar-refractivity contribution is 7.89. The normalized spacial score (nSPS) is 16.2. The van der Waals surface area contributed by atoms with E-state index in [4.69, 9.17) is 19.3 Å². The van der Waals surface area contributed by atoms with E-state index in [9.17, 15) is 13.2 Å². The Hall–Kier alpha value is -1.68. The molecule has 1 N–H and O–H groups in total. The van der Waals surface area contributed by atoms with Crippen LogP contribution in [0.3, 0.4) is 0 Å². The lowest BCUT2D eigenvalue weighted by Gasteiger charge is -2.27. The second-order valence-electron chi connectivity index (χ2n) is 4.82. The summed E-state index contributed by atoms with van der Waals surface area (Å²) in [7, 11) is -2.36. The van der Waals surface area contributed by atoms with Crippen molar-refractivity contribution < 1.29 is 32.5 Å². The fourth-order valence-corrected chi connectivity index (χ4v) is 3.69. The summed E-state index contributed by atoms with van der Waals surface area (Å²) in [6, 6.07) is 3.78. The number of morpholine rings is 1. The Morgan fingerprint density at radius 3 is 2.61 bits per heavy atom. The van der Waals surface area contributed by atoms with Crippen molar-refractivity contribution >= 4 is 16.0 Å². The van der Waals surface area contributed by atoms with Crippen LogP contribution in [0.2, 0.25) is 0 Å². The molecule has 1 aliphatic rings. The van der Waals surface area contributed by atoms with Crippen LogP contribution in [-0.2, 0) is 19.5 Å². The molecule has 23 heavy (non-hydrogen) atoms. The number of rotatable bonds is 7. The molecule has 0 spiro atoms. The van der Waals surface area contributed by atoms with Gasteiger partial charge in [-0.2, -0.15) is 4.31 Å². The van der Waals surface area contributed by atoms with Gasteiger partial charge in [-0.1, -0.05) is 0 Å². The highest BCUT2D eigenvalue weighted by Crippen LogP contribution is 2.28. The second kappa shape index (κ2) is 7.73. The highest BCUT2D eigenvalue weighted by Gasteiger charge is 2.30. The average molecular weight is 345 g/mol. The van der Waals surface area contributed by atoms with Crippen LogP contribution >= 0.6 is 0 Å². The van der Waals surface area contributed by atoms with Gasteiger partial charge in [0, 0.05) is 20.2 Å². The third kappa shape index (κ3) is 4.20. The molecule has 1 aromatic carbocycles. The molecule has 8 nitrogen and oxygen atoms in total. The van der Waals surface area contributed by atoms with Gasteiger partial charge in [-0.15, -0.1) is 0 Å². The lowest BCUT2D eigenvalue weighted by atomic mass is 10.2. The summed E-state index contributed by atoms with van der Waals surface area (Å²) in [5.41, 5.74) is -0.115. The standard InChI is InChI=1S/C14H19NO7S/c1-20-8-9-22-12-3-2-11(14(16)17)10-13(12)23(18,19)15-4-6-21-7-5-15/h2-3,10H,4-9H2,1H3,(H,16,17). The largest absolute Gasteiger partial charge is 0.490 e. The predicted molar refractivity (Wildman–Crippen MR) is 80.4 cm³/mol. The number of carboxylic acid groups (broad SMARTS) is 1. The fourth-order valence-electron chi connectivity index (χ4n) is 2.12. The first kappa shape index (κ1) is 17.7. The van der Waals surface area contributed by atoms with Crippen molar-refractivity contribution in [2.45, 2.75) is 4.90 Å². The summed E-state index contributed by atoms with van der Waals surface area (Å²) < 4.78 is 42.3. The lowest BCUT2D eigenvalue weighted by Crippen LogP contribution is -2.40. The average Bonchev–Trinajstić information content (AvgIpc) is 2.56. The van der Waals surface area contributed by atoms with Crippen LogP contribution in [0.1, 0.15) is 10.4 Å². The third-order valence-electron chi connectivity index (χ3n) is 3.32. The number of carbonyl (C=O) groups is 1. The van der Waals surface area contributed by atoms with E-state index in [1.54, 1.807) is 0 Å². The van der Waals surface area contributed by atoms with Crippen LogP contribution in [0.25, 0.3) is 0 Å². The quantitative estimate of drug-likeness (QED) is 0.715. The molecule has 0 unspecified atom stereocenters. The minimum atomic E-state index is -3.86. The van der Waals surface area contributed by atoms with Gasteiger partial charge in [0.25, 0.3) is 0 Å².